The summed E-state index contributed by atoms with van der Waals surface area (Å²) in [5, 5.41) is 10.5. The van der Waals surface area contributed by atoms with Crippen molar-refractivity contribution in [2.45, 2.75) is 110 Å². The number of hydrogen-bond donors (Lipinski definition) is 1. The highest BCUT2D eigenvalue weighted by molar-refractivity contribution is 4.97. The molecule has 0 radical (unpaired) electrons. The molecule has 0 aromatic carbocycles. The van der Waals surface area contributed by atoms with Gasteiger partial charge in [-0.2, -0.15) is 0 Å². The zero-order valence-electron chi connectivity index (χ0n) is 14.4. The van der Waals surface area contributed by atoms with Crippen LogP contribution in [0.2, 0.25) is 0 Å². The number of aliphatic hydroxyl groups excluding tert-OH is 1. The van der Waals surface area contributed by atoms with Crippen molar-refractivity contribution in [1.29, 1.82) is 0 Å². The van der Waals surface area contributed by atoms with Crippen LogP contribution in [0.4, 0.5) is 0 Å². The van der Waals surface area contributed by atoms with Crippen molar-refractivity contribution in [3.8, 4) is 0 Å². The van der Waals surface area contributed by atoms with Crippen LogP contribution < -0.4 is 0 Å². The van der Waals surface area contributed by atoms with Crippen LogP contribution >= 0.6 is 0 Å². The van der Waals surface area contributed by atoms with E-state index < -0.39 is 0 Å². The third kappa shape index (κ3) is 5.73. The number of ether oxygens (including phenoxy) is 1. The summed E-state index contributed by atoms with van der Waals surface area (Å²) in [6.07, 6.45) is 10.8. The molecule has 1 rings (SSSR count). The van der Waals surface area contributed by atoms with Gasteiger partial charge in [0, 0.05) is 5.92 Å². The molecule has 0 amide bonds. The number of unbranched alkanes of at least 4 members (excludes halogenated alkanes) is 6. The fourth-order valence-corrected chi connectivity index (χ4v) is 3.72. The lowest BCUT2D eigenvalue weighted by Gasteiger charge is -2.30. The Kier molecular flexibility index (Phi) is 7.00. The maximum atomic E-state index is 10.5. The molecule has 1 heterocycles. The zero-order chi connectivity index (χ0) is 15.2. The van der Waals surface area contributed by atoms with E-state index >= 15 is 0 Å². The minimum absolute atomic E-state index is 0.0880. The molecule has 20 heavy (non-hydrogen) atoms. The Morgan fingerprint density at radius 3 is 2.05 bits per heavy atom. The Bertz CT molecular complexity index is 271. The minimum Gasteiger partial charge on any atom is -0.393 e. The first kappa shape index (κ1) is 18.0. The van der Waals surface area contributed by atoms with Crippen molar-refractivity contribution in [3.63, 3.8) is 0 Å². The predicted molar refractivity (Wildman–Crippen MR) is 86.0 cm³/mol. The summed E-state index contributed by atoms with van der Waals surface area (Å²) < 4.78 is 6.08. The Labute approximate surface area is 126 Å². The second-order valence-corrected chi connectivity index (χ2v) is 7.75. The van der Waals surface area contributed by atoms with E-state index in [1.54, 1.807) is 0 Å². The molecule has 2 unspecified atom stereocenters. The molecule has 2 atom stereocenters. The standard InChI is InChI=1S/C18H36O2/c1-6-7-8-9-10-11-12-13-16(19)15-14-17(2,3)20-18(15,4)5/h15-16,19H,6-14H2,1-5H3. The van der Waals surface area contributed by atoms with Crippen LogP contribution in [-0.4, -0.2) is 22.4 Å². The number of hydrogen-bond acceptors (Lipinski definition) is 2. The lowest BCUT2D eigenvalue weighted by molar-refractivity contribution is -0.0882. The lowest BCUT2D eigenvalue weighted by atomic mass is 9.81. The SMILES string of the molecule is CCCCCCCCCC(O)C1CC(C)(C)OC1(C)C. The summed E-state index contributed by atoms with van der Waals surface area (Å²) in [7, 11) is 0. The van der Waals surface area contributed by atoms with E-state index in [0.29, 0.717) is 0 Å². The molecule has 120 valence electrons. The van der Waals surface area contributed by atoms with Gasteiger partial charge in [0.2, 0.25) is 0 Å². The molecular formula is C18H36O2. The van der Waals surface area contributed by atoms with Gasteiger partial charge < -0.3 is 9.84 Å². The lowest BCUT2D eigenvalue weighted by Crippen LogP contribution is -2.36. The summed E-state index contributed by atoms with van der Waals surface area (Å²) >= 11 is 0. The minimum atomic E-state index is -0.206. The van der Waals surface area contributed by atoms with Crippen LogP contribution in [0.25, 0.3) is 0 Å². The largest absolute Gasteiger partial charge is 0.393 e. The third-order valence-corrected chi connectivity index (χ3v) is 4.71. The Morgan fingerprint density at radius 2 is 1.55 bits per heavy atom. The Morgan fingerprint density at radius 1 is 1.00 bits per heavy atom. The molecular weight excluding hydrogens is 248 g/mol. The molecule has 1 N–H and O–H groups in total. The van der Waals surface area contributed by atoms with E-state index in [9.17, 15) is 5.11 Å². The average Bonchev–Trinajstić information content (AvgIpc) is 2.56. The van der Waals surface area contributed by atoms with Gasteiger partial charge in [0.05, 0.1) is 17.3 Å². The highest BCUT2D eigenvalue weighted by atomic mass is 16.5. The number of rotatable bonds is 9. The van der Waals surface area contributed by atoms with Gasteiger partial charge in [-0.25, -0.2) is 0 Å². The fraction of sp³-hybridized carbons (Fsp3) is 1.00. The molecule has 0 bridgehead atoms. The molecule has 2 heteroatoms. The molecule has 0 saturated carbocycles. The molecule has 1 aliphatic rings. The van der Waals surface area contributed by atoms with Gasteiger partial charge in [-0.05, 0) is 40.5 Å². The van der Waals surface area contributed by atoms with Crippen LogP contribution in [0.1, 0.15) is 92.4 Å². The Hall–Kier alpha value is -0.0800. The topological polar surface area (TPSA) is 29.5 Å². The zero-order valence-corrected chi connectivity index (χ0v) is 14.4. The summed E-state index contributed by atoms with van der Waals surface area (Å²) in [6.45, 7) is 10.8. The van der Waals surface area contributed by atoms with E-state index in [1.807, 2.05) is 0 Å². The number of aliphatic hydroxyl groups is 1. The van der Waals surface area contributed by atoms with E-state index in [2.05, 4.69) is 34.6 Å². The third-order valence-electron chi connectivity index (χ3n) is 4.71. The highest BCUT2D eigenvalue weighted by Gasteiger charge is 2.48. The fourth-order valence-electron chi connectivity index (χ4n) is 3.72. The van der Waals surface area contributed by atoms with Crippen LogP contribution in [0.3, 0.4) is 0 Å². The molecule has 0 aromatic heterocycles. The van der Waals surface area contributed by atoms with Gasteiger partial charge in [-0.3, -0.25) is 0 Å². The molecule has 1 aliphatic heterocycles. The second-order valence-electron chi connectivity index (χ2n) is 7.75. The predicted octanol–water partition coefficient (Wildman–Crippen LogP) is 5.08. The first-order valence-electron chi connectivity index (χ1n) is 8.67. The first-order valence-corrected chi connectivity index (χ1v) is 8.67. The average molecular weight is 284 g/mol. The van der Waals surface area contributed by atoms with Crippen molar-refractivity contribution in [1.82, 2.24) is 0 Å². The van der Waals surface area contributed by atoms with Crippen LogP contribution in [0.5, 0.6) is 0 Å². The maximum Gasteiger partial charge on any atom is 0.0687 e. The van der Waals surface area contributed by atoms with Crippen molar-refractivity contribution in [3.05, 3.63) is 0 Å². The van der Waals surface area contributed by atoms with Crippen molar-refractivity contribution in [2.75, 3.05) is 0 Å². The van der Waals surface area contributed by atoms with Crippen LogP contribution in [-0.2, 0) is 4.74 Å². The van der Waals surface area contributed by atoms with Gasteiger partial charge in [0.15, 0.2) is 0 Å². The van der Waals surface area contributed by atoms with Gasteiger partial charge >= 0.3 is 0 Å². The van der Waals surface area contributed by atoms with Gasteiger partial charge in [0.25, 0.3) is 0 Å². The summed E-state index contributed by atoms with van der Waals surface area (Å²) in [6, 6.07) is 0. The van der Waals surface area contributed by atoms with Gasteiger partial charge in [-0.15, -0.1) is 0 Å². The van der Waals surface area contributed by atoms with Crippen LogP contribution in [0.15, 0.2) is 0 Å². The Balaban J connectivity index is 2.21. The van der Waals surface area contributed by atoms with E-state index in [0.717, 1.165) is 19.3 Å². The smallest absolute Gasteiger partial charge is 0.0687 e. The molecule has 1 fully saturated rings. The highest BCUT2D eigenvalue weighted by Crippen LogP contribution is 2.44. The maximum absolute atomic E-state index is 10.5. The van der Waals surface area contributed by atoms with E-state index in [-0.39, 0.29) is 23.2 Å². The first-order chi connectivity index (χ1) is 9.28. The second kappa shape index (κ2) is 7.79. The molecule has 0 spiro atoms. The van der Waals surface area contributed by atoms with Crippen molar-refractivity contribution >= 4 is 0 Å². The van der Waals surface area contributed by atoms with E-state index in [4.69, 9.17) is 4.74 Å². The molecule has 1 saturated heterocycles. The monoisotopic (exact) mass is 284 g/mol. The van der Waals surface area contributed by atoms with Gasteiger partial charge in [0.1, 0.15) is 0 Å². The molecule has 2 nitrogen and oxygen atoms in total. The van der Waals surface area contributed by atoms with E-state index in [1.165, 1.54) is 38.5 Å². The molecule has 0 aliphatic carbocycles. The normalized spacial score (nSPS) is 25.8. The van der Waals surface area contributed by atoms with Crippen molar-refractivity contribution < 1.29 is 9.84 Å². The van der Waals surface area contributed by atoms with Gasteiger partial charge in [-0.1, -0.05) is 51.9 Å². The summed E-state index contributed by atoms with van der Waals surface area (Å²) in [5.41, 5.74) is -0.278. The van der Waals surface area contributed by atoms with Crippen molar-refractivity contribution in [2.24, 2.45) is 5.92 Å². The molecule has 0 aromatic rings. The summed E-state index contributed by atoms with van der Waals surface area (Å²) in [4.78, 5) is 0. The quantitative estimate of drug-likeness (QED) is 0.598. The van der Waals surface area contributed by atoms with Crippen LogP contribution in [0, 0.1) is 5.92 Å². The summed E-state index contributed by atoms with van der Waals surface area (Å²) in [5.74, 6) is 0.276.